The highest BCUT2D eigenvalue weighted by atomic mass is 32.1. The van der Waals surface area contributed by atoms with E-state index in [2.05, 4.69) is 25.5 Å². The number of nitrogens with zero attached hydrogens (tertiary/aromatic N) is 4. The fraction of sp³-hybridized carbons (Fsp3) is 0.188. The van der Waals surface area contributed by atoms with Gasteiger partial charge >= 0.3 is 0 Å². The lowest BCUT2D eigenvalue weighted by Crippen LogP contribution is -2.14. The lowest BCUT2D eigenvalue weighted by atomic mass is 10.0. The van der Waals surface area contributed by atoms with Crippen LogP contribution in [0.4, 0.5) is 5.13 Å². The highest BCUT2D eigenvalue weighted by Gasteiger charge is 2.16. The second-order valence-corrected chi connectivity index (χ2v) is 6.03. The first kappa shape index (κ1) is 16.0. The molecule has 0 radical (unpaired) electrons. The minimum atomic E-state index is -0.300. The molecule has 0 bridgehead atoms. The highest BCUT2D eigenvalue weighted by molar-refractivity contribution is 7.17. The van der Waals surface area contributed by atoms with Crippen LogP contribution >= 0.6 is 11.3 Å². The smallest absolute Gasteiger partial charge is 0.295 e. The molecule has 8 heteroatoms. The Balaban J connectivity index is 1.96. The lowest BCUT2D eigenvalue weighted by molar-refractivity contribution is 0.102. The number of hydrogen-bond acceptors (Lipinski definition) is 7. The van der Waals surface area contributed by atoms with E-state index in [0.29, 0.717) is 15.9 Å². The van der Waals surface area contributed by atoms with E-state index in [9.17, 15) is 4.79 Å². The highest BCUT2D eigenvalue weighted by Crippen LogP contribution is 2.27. The van der Waals surface area contributed by atoms with Gasteiger partial charge in [0.05, 0.1) is 12.7 Å². The van der Waals surface area contributed by atoms with E-state index >= 15 is 0 Å². The van der Waals surface area contributed by atoms with Crippen LogP contribution in [-0.2, 0) is 0 Å². The molecule has 122 valence electrons. The Hall–Kier alpha value is -2.87. The quantitative estimate of drug-likeness (QED) is 0.785. The summed E-state index contributed by atoms with van der Waals surface area (Å²) < 4.78 is 4.98. The Morgan fingerprint density at radius 3 is 2.67 bits per heavy atom. The third-order valence-corrected chi connectivity index (χ3v) is 4.09. The lowest BCUT2D eigenvalue weighted by Gasteiger charge is -2.10. The summed E-state index contributed by atoms with van der Waals surface area (Å²) in [5.74, 6) is -0.300. The standard InChI is InChI=1S/C16H15N5O2S/c1-9-6-11(4-5-17-9)12-7-10(2)18-8-13(12)14(22)19-15-20-21-16(23-3)24-15/h4-8H,1-3H3,(H,19,20,22). The zero-order chi connectivity index (χ0) is 17.1. The molecule has 0 aliphatic carbocycles. The maximum atomic E-state index is 12.6. The molecule has 1 N–H and O–H groups in total. The molecular formula is C16H15N5O2S. The molecule has 0 saturated heterocycles. The van der Waals surface area contributed by atoms with Crippen LogP contribution in [0.3, 0.4) is 0 Å². The first-order valence-electron chi connectivity index (χ1n) is 7.15. The summed E-state index contributed by atoms with van der Waals surface area (Å²) in [6, 6.07) is 5.68. The zero-order valence-corrected chi connectivity index (χ0v) is 14.2. The van der Waals surface area contributed by atoms with Crippen molar-refractivity contribution in [2.24, 2.45) is 0 Å². The number of carbonyl (C=O) groups excluding carboxylic acids is 1. The number of carbonyl (C=O) groups is 1. The third-order valence-electron chi connectivity index (χ3n) is 3.29. The second kappa shape index (κ2) is 6.71. The SMILES string of the molecule is COc1nnc(NC(=O)c2cnc(C)cc2-c2ccnc(C)c2)s1. The van der Waals surface area contributed by atoms with Crippen LogP contribution in [0.25, 0.3) is 11.1 Å². The topological polar surface area (TPSA) is 89.9 Å². The normalized spacial score (nSPS) is 10.5. The number of aryl methyl sites for hydroxylation is 2. The summed E-state index contributed by atoms with van der Waals surface area (Å²) in [6.45, 7) is 3.79. The molecule has 0 saturated carbocycles. The summed E-state index contributed by atoms with van der Waals surface area (Å²) in [6.07, 6.45) is 3.28. The molecule has 24 heavy (non-hydrogen) atoms. The summed E-state index contributed by atoms with van der Waals surface area (Å²) in [5.41, 5.74) is 3.87. The van der Waals surface area contributed by atoms with E-state index in [1.807, 2.05) is 32.0 Å². The van der Waals surface area contributed by atoms with Gasteiger partial charge in [-0.2, -0.15) is 0 Å². The van der Waals surface area contributed by atoms with Gasteiger partial charge < -0.3 is 4.74 Å². The van der Waals surface area contributed by atoms with Gasteiger partial charge in [0.1, 0.15) is 0 Å². The van der Waals surface area contributed by atoms with Gasteiger partial charge in [0.2, 0.25) is 5.13 Å². The van der Waals surface area contributed by atoms with Gasteiger partial charge in [-0.1, -0.05) is 5.10 Å². The number of amides is 1. The monoisotopic (exact) mass is 341 g/mol. The van der Waals surface area contributed by atoms with Gasteiger partial charge in [0.15, 0.2) is 0 Å². The second-order valence-electron chi connectivity index (χ2n) is 5.09. The van der Waals surface area contributed by atoms with E-state index < -0.39 is 0 Å². The largest absolute Gasteiger partial charge is 0.472 e. The minimum absolute atomic E-state index is 0.300. The Kier molecular flexibility index (Phi) is 4.48. The predicted molar refractivity (Wildman–Crippen MR) is 91.4 cm³/mol. The number of nitrogens with one attached hydrogen (secondary N) is 1. The van der Waals surface area contributed by atoms with Crippen molar-refractivity contribution >= 4 is 22.4 Å². The van der Waals surface area contributed by atoms with Crippen LogP contribution in [-0.4, -0.2) is 33.2 Å². The first-order chi connectivity index (χ1) is 11.6. The van der Waals surface area contributed by atoms with Gasteiger partial charge in [-0.15, -0.1) is 5.10 Å². The average molecular weight is 341 g/mol. The van der Waals surface area contributed by atoms with Crippen LogP contribution < -0.4 is 10.1 Å². The molecule has 7 nitrogen and oxygen atoms in total. The zero-order valence-electron chi connectivity index (χ0n) is 13.4. The summed E-state index contributed by atoms with van der Waals surface area (Å²) in [5, 5.41) is 11.1. The summed E-state index contributed by atoms with van der Waals surface area (Å²) in [4.78, 5) is 21.1. The van der Waals surface area contributed by atoms with E-state index in [4.69, 9.17) is 4.74 Å². The Morgan fingerprint density at radius 2 is 1.96 bits per heavy atom. The maximum Gasteiger partial charge on any atom is 0.295 e. The number of ether oxygens (including phenoxy) is 1. The number of hydrogen-bond donors (Lipinski definition) is 1. The summed E-state index contributed by atoms with van der Waals surface area (Å²) >= 11 is 1.16. The van der Waals surface area contributed by atoms with Crippen LogP contribution in [0.1, 0.15) is 21.7 Å². The molecule has 3 aromatic heterocycles. The van der Waals surface area contributed by atoms with Crippen LogP contribution in [0.15, 0.2) is 30.6 Å². The molecule has 0 atom stereocenters. The molecule has 0 aromatic carbocycles. The van der Waals surface area contributed by atoms with Gasteiger partial charge in [-0.3, -0.25) is 20.1 Å². The molecule has 0 fully saturated rings. The number of anilines is 1. The van der Waals surface area contributed by atoms with Crippen molar-refractivity contribution in [1.29, 1.82) is 0 Å². The Labute approximate surface area is 142 Å². The number of methoxy groups -OCH3 is 1. The molecule has 0 spiro atoms. The molecule has 3 aromatic rings. The predicted octanol–water partition coefficient (Wildman–Crippen LogP) is 2.87. The molecular weight excluding hydrogens is 326 g/mol. The molecule has 0 aliphatic rings. The van der Waals surface area contributed by atoms with Crippen molar-refractivity contribution in [2.75, 3.05) is 12.4 Å². The third kappa shape index (κ3) is 3.38. The molecule has 3 heterocycles. The maximum absolute atomic E-state index is 12.6. The fourth-order valence-electron chi connectivity index (χ4n) is 2.20. The van der Waals surface area contributed by atoms with Crippen LogP contribution in [0.2, 0.25) is 0 Å². The van der Waals surface area contributed by atoms with Crippen molar-refractivity contribution in [3.8, 4) is 16.3 Å². The van der Waals surface area contributed by atoms with Crippen molar-refractivity contribution in [3.63, 3.8) is 0 Å². The van der Waals surface area contributed by atoms with Crippen molar-refractivity contribution in [2.45, 2.75) is 13.8 Å². The van der Waals surface area contributed by atoms with Crippen molar-refractivity contribution < 1.29 is 9.53 Å². The Morgan fingerprint density at radius 1 is 1.17 bits per heavy atom. The van der Waals surface area contributed by atoms with Crippen molar-refractivity contribution in [1.82, 2.24) is 20.2 Å². The van der Waals surface area contributed by atoms with Crippen LogP contribution in [0, 0.1) is 13.8 Å². The van der Waals surface area contributed by atoms with Crippen LogP contribution in [0.5, 0.6) is 5.19 Å². The van der Waals surface area contributed by atoms with Gasteiger partial charge in [0, 0.05) is 23.8 Å². The number of pyridine rings is 2. The molecule has 1 amide bonds. The molecule has 3 rings (SSSR count). The van der Waals surface area contributed by atoms with Crippen molar-refractivity contribution in [3.05, 3.63) is 47.5 Å². The molecule has 0 aliphatic heterocycles. The fourth-order valence-corrected chi connectivity index (χ4v) is 2.76. The van der Waals surface area contributed by atoms with Gasteiger partial charge in [-0.05, 0) is 54.5 Å². The number of rotatable bonds is 4. The first-order valence-corrected chi connectivity index (χ1v) is 7.97. The Bertz CT molecular complexity index is 894. The average Bonchev–Trinajstić information content (AvgIpc) is 3.02. The van der Waals surface area contributed by atoms with E-state index in [1.54, 1.807) is 12.4 Å². The van der Waals surface area contributed by atoms with E-state index in [0.717, 1.165) is 33.9 Å². The van der Waals surface area contributed by atoms with E-state index in [-0.39, 0.29) is 5.91 Å². The van der Waals surface area contributed by atoms with Gasteiger partial charge in [-0.25, -0.2) is 0 Å². The number of aromatic nitrogens is 4. The van der Waals surface area contributed by atoms with Gasteiger partial charge in [0.25, 0.3) is 11.1 Å². The van der Waals surface area contributed by atoms with E-state index in [1.165, 1.54) is 7.11 Å². The summed E-state index contributed by atoms with van der Waals surface area (Å²) in [7, 11) is 1.50. The minimum Gasteiger partial charge on any atom is -0.472 e. The molecule has 0 unspecified atom stereocenters.